The Labute approximate surface area is 121 Å². The molecule has 0 bridgehead atoms. The molecule has 4 N–H and O–H groups in total. The summed E-state index contributed by atoms with van der Waals surface area (Å²) in [6.45, 7) is 0. The van der Waals surface area contributed by atoms with Gasteiger partial charge in [0.15, 0.2) is 11.5 Å². The Balaban J connectivity index is 2.06. The number of para-hydroxylation sites is 1. The van der Waals surface area contributed by atoms with Crippen LogP contribution in [0.1, 0.15) is 15.9 Å². The molecule has 0 atom stereocenters. The summed E-state index contributed by atoms with van der Waals surface area (Å²) in [5.74, 6) is -0.0246. The van der Waals surface area contributed by atoms with E-state index in [0.29, 0.717) is 22.6 Å². The Morgan fingerprint density at radius 2 is 2.10 bits per heavy atom. The topological polar surface area (TPSA) is 96.9 Å². The van der Waals surface area contributed by atoms with Crippen LogP contribution in [0.5, 0.6) is 11.5 Å². The van der Waals surface area contributed by atoms with E-state index in [4.69, 9.17) is 10.5 Å². The van der Waals surface area contributed by atoms with Gasteiger partial charge in [0.2, 0.25) is 0 Å². The minimum atomic E-state index is -0.393. The molecule has 6 nitrogen and oxygen atoms in total. The van der Waals surface area contributed by atoms with Crippen LogP contribution in [-0.4, -0.2) is 24.3 Å². The number of amides is 1. The number of nitrogens with one attached hydrogen (secondary N) is 1. The number of ether oxygens (including phenoxy) is 1. The highest BCUT2D eigenvalue weighted by molar-refractivity contribution is 5.99. The van der Waals surface area contributed by atoms with Crippen molar-refractivity contribution in [3.8, 4) is 11.5 Å². The summed E-state index contributed by atoms with van der Waals surface area (Å²) < 4.78 is 4.98. The molecule has 0 heterocycles. The average Bonchev–Trinajstić information content (AvgIpc) is 2.49. The van der Waals surface area contributed by atoms with Gasteiger partial charge in [-0.15, -0.1) is 0 Å². The molecule has 0 radical (unpaired) electrons. The van der Waals surface area contributed by atoms with Crippen LogP contribution in [0.15, 0.2) is 47.6 Å². The summed E-state index contributed by atoms with van der Waals surface area (Å²) in [5, 5.41) is 13.3. The van der Waals surface area contributed by atoms with Gasteiger partial charge in [-0.25, -0.2) is 5.43 Å². The van der Waals surface area contributed by atoms with Crippen LogP contribution >= 0.6 is 0 Å². The number of nitrogen functional groups attached to an aromatic ring is 1. The number of nitrogens with zero attached hydrogens (tertiary/aromatic N) is 1. The molecule has 0 aliphatic rings. The molecule has 0 fully saturated rings. The molecule has 0 spiro atoms. The van der Waals surface area contributed by atoms with E-state index in [0.717, 1.165) is 0 Å². The Hall–Kier alpha value is -3.02. The van der Waals surface area contributed by atoms with Crippen LogP contribution in [0, 0.1) is 0 Å². The number of hydrazone groups is 1. The van der Waals surface area contributed by atoms with Crippen molar-refractivity contribution in [1.82, 2.24) is 5.43 Å². The maximum Gasteiger partial charge on any atom is 0.273 e. The Morgan fingerprint density at radius 3 is 2.81 bits per heavy atom. The lowest BCUT2D eigenvalue weighted by Crippen LogP contribution is -2.18. The summed E-state index contributed by atoms with van der Waals surface area (Å²) in [6, 6.07) is 11.5. The lowest BCUT2D eigenvalue weighted by atomic mass is 10.2. The van der Waals surface area contributed by atoms with Crippen molar-refractivity contribution in [2.45, 2.75) is 0 Å². The largest absolute Gasteiger partial charge is 0.504 e. The van der Waals surface area contributed by atoms with Crippen LogP contribution in [0.3, 0.4) is 0 Å². The van der Waals surface area contributed by atoms with Crippen molar-refractivity contribution < 1.29 is 14.6 Å². The summed E-state index contributed by atoms with van der Waals surface area (Å²) >= 11 is 0. The number of benzene rings is 2. The zero-order chi connectivity index (χ0) is 15.2. The van der Waals surface area contributed by atoms with E-state index in [1.807, 2.05) is 0 Å². The molecule has 0 unspecified atom stereocenters. The van der Waals surface area contributed by atoms with Gasteiger partial charge in [-0.3, -0.25) is 4.79 Å². The highest BCUT2D eigenvalue weighted by atomic mass is 16.5. The van der Waals surface area contributed by atoms with Crippen LogP contribution in [-0.2, 0) is 0 Å². The van der Waals surface area contributed by atoms with E-state index in [1.54, 1.807) is 36.4 Å². The standard InChI is InChI=1S/C15H15N3O3/c1-21-14-8-10(6-7-13(14)19)9-17-18-15(20)11-4-2-3-5-12(11)16/h2-9,19H,16H2,1H3,(H,18,20). The first-order valence-corrected chi connectivity index (χ1v) is 6.16. The van der Waals surface area contributed by atoms with Gasteiger partial charge in [0, 0.05) is 5.69 Å². The molecule has 21 heavy (non-hydrogen) atoms. The minimum Gasteiger partial charge on any atom is -0.504 e. The van der Waals surface area contributed by atoms with Crippen molar-refractivity contribution in [1.29, 1.82) is 0 Å². The summed E-state index contributed by atoms with van der Waals surface area (Å²) in [5.41, 5.74) is 9.51. The van der Waals surface area contributed by atoms with Gasteiger partial charge >= 0.3 is 0 Å². The number of phenols is 1. The molecule has 108 valence electrons. The fraction of sp³-hybridized carbons (Fsp3) is 0.0667. The van der Waals surface area contributed by atoms with Crippen LogP contribution in [0.4, 0.5) is 5.69 Å². The van der Waals surface area contributed by atoms with Crippen LogP contribution in [0.2, 0.25) is 0 Å². The number of aromatic hydroxyl groups is 1. The molecule has 0 saturated carbocycles. The van der Waals surface area contributed by atoms with E-state index in [-0.39, 0.29) is 5.75 Å². The van der Waals surface area contributed by atoms with Crippen LogP contribution in [0.25, 0.3) is 0 Å². The average molecular weight is 285 g/mol. The first kappa shape index (κ1) is 14.4. The van der Waals surface area contributed by atoms with Gasteiger partial charge in [-0.05, 0) is 35.9 Å². The van der Waals surface area contributed by atoms with Gasteiger partial charge in [0.1, 0.15) is 0 Å². The van der Waals surface area contributed by atoms with E-state index < -0.39 is 5.91 Å². The number of carbonyl (C=O) groups excluding carboxylic acids is 1. The van der Waals surface area contributed by atoms with Crippen molar-refractivity contribution in [3.05, 3.63) is 53.6 Å². The number of nitrogens with two attached hydrogens (primary N) is 1. The lowest BCUT2D eigenvalue weighted by molar-refractivity contribution is 0.0956. The number of hydrogen-bond donors (Lipinski definition) is 3. The lowest BCUT2D eigenvalue weighted by Gasteiger charge is -2.04. The fourth-order valence-corrected chi connectivity index (χ4v) is 1.70. The predicted molar refractivity (Wildman–Crippen MR) is 80.6 cm³/mol. The quantitative estimate of drug-likeness (QED) is 0.453. The number of anilines is 1. The Kier molecular flexibility index (Phi) is 4.40. The molecule has 0 aliphatic heterocycles. The highest BCUT2D eigenvalue weighted by Crippen LogP contribution is 2.25. The second-order valence-corrected chi connectivity index (χ2v) is 4.22. The van der Waals surface area contributed by atoms with Crippen molar-refractivity contribution in [3.63, 3.8) is 0 Å². The smallest absolute Gasteiger partial charge is 0.273 e. The van der Waals surface area contributed by atoms with Gasteiger partial charge < -0.3 is 15.6 Å². The number of methoxy groups -OCH3 is 1. The van der Waals surface area contributed by atoms with Crippen LogP contribution < -0.4 is 15.9 Å². The van der Waals surface area contributed by atoms with Gasteiger partial charge in [-0.1, -0.05) is 12.1 Å². The number of phenolic OH excluding ortho intramolecular Hbond substituents is 1. The van der Waals surface area contributed by atoms with Crippen molar-refractivity contribution in [2.24, 2.45) is 5.10 Å². The molecular weight excluding hydrogens is 270 g/mol. The molecule has 2 aromatic carbocycles. The monoisotopic (exact) mass is 285 g/mol. The molecule has 1 amide bonds. The molecule has 0 aromatic heterocycles. The van der Waals surface area contributed by atoms with E-state index in [1.165, 1.54) is 19.4 Å². The number of rotatable bonds is 4. The van der Waals surface area contributed by atoms with E-state index in [2.05, 4.69) is 10.5 Å². The number of hydrogen-bond acceptors (Lipinski definition) is 5. The molecule has 0 saturated heterocycles. The first-order valence-electron chi connectivity index (χ1n) is 6.16. The number of carbonyl (C=O) groups is 1. The first-order chi connectivity index (χ1) is 10.1. The van der Waals surface area contributed by atoms with Gasteiger partial charge in [-0.2, -0.15) is 5.10 Å². The predicted octanol–water partition coefficient (Wildman–Crippen LogP) is 1.75. The normalized spacial score (nSPS) is 10.5. The zero-order valence-electron chi connectivity index (χ0n) is 11.4. The summed E-state index contributed by atoms with van der Waals surface area (Å²) in [6.07, 6.45) is 1.44. The maximum absolute atomic E-state index is 11.9. The Morgan fingerprint density at radius 1 is 1.33 bits per heavy atom. The molecular formula is C15H15N3O3. The van der Waals surface area contributed by atoms with Crippen molar-refractivity contribution >= 4 is 17.8 Å². The molecule has 6 heteroatoms. The minimum absolute atomic E-state index is 0.0377. The zero-order valence-corrected chi connectivity index (χ0v) is 11.4. The molecule has 2 rings (SSSR count). The van der Waals surface area contributed by atoms with E-state index >= 15 is 0 Å². The second kappa shape index (κ2) is 6.42. The summed E-state index contributed by atoms with van der Waals surface area (Å²) in [4.78, 5) is 11.9. The fourth-order valence-electron chi connectivity index (χ4n) is 1.70. The van der Waals surface area contributed by atoms with Crippen molar-refractivity contribution in [2.75, 3.05) is 12.8 Å². The van der Waals surface area contributed by atoms with E-state index in [9.17, 15) is 9.90 Å². The third kappa shape index (κ3) is 3.50. The maximum atomic E-state index is 11.9. The SMILES string of the molecule is COc1cc(C=NNC(=O)c2ccccc2N)ccc1O. The third-order valence-electron chi connectivity index (χ3n) is 2.79. The molecule has 0 aliphatic carbocycles. The third-order valence-corrected chi connectivity index (χ3v) is 2.79. The van der Waals surface area contributed by atoms with Gasteiger partial charge in [0.25, 0.3) is 5.91 Å². The Bertz CT molecular complexity index is 684. The molecule has 2 aromatic rings. The summed E-state index contributed by atoms with van der Waals surface area (Å²) in [7, 11) is 1.45. The highest BCUT2D eigenvalue weighted by Gasteiger charge is 2.07. The second-order valence-electron chi connectivity index (χ2n) is 4.22. The van der Waals surface area contributed by atoms with Gasteiger partial charge in [0.05, 0.1) is 18.9 Å².